The molecule has 1 amide bonds. The van der Waals surface area contributed by atoms with E-state index in [4.69, 9.17) is 4.84 Å². The third-order valence-corrected chi connectivity index (χ3v) is 6.18. The van der Waals surface area contributed by atoms with Crippen molar-refractivity contribution >= 4 is 33.8 Å². The number of oxime groups is 1. The van der Waals surface area contributed by atoms with Crippen molar-refractivity contribution in [2.45, 2.75) is 24.8 Å². The number of rotatable bonds is 8. The predicted molar refractivity (Wildman–Crippen MR) is 117 cm³/mol. The van der Waals surface area contributed by atoms with Gasteiger partial charge in [0.05, 0.1) is 23.8 Å². The number of benzene rings is 2. The van der Waals surface area contributed by atoms with Gasteiger partial charge in [-0.3, -0.25) is 4.79 Å². The Morgan fingerprint density at radius 2 is 1.77 bits per heavy atom. The molecule has 0 aliphatic rings. The van der Waals surface area contributed by atoms with Gasteiger partial charge in [0, 0.05) is 19.8 Å². The third kappa shape index (κ3) is 6.12. The molecule has 0 fully saturated rings. The molecule has 2 aromatic carbocycles. The van der Waals surface area contributed by atoms with Crippen molar-refractivity contribution < 1.29 is 27.6 Å². The summed E-state index contributed by atoms with van der Waals surface area (Å²) in [5.41, 5.74) is 2.14. The molecule has 1 atom stereocenters. The normalized spacial score (nSPS) is 12.6. The van der Waals surface area contributed by atoms with E-state index in [1.165, 1.54) is 46.5 Å². The molecule has 2 aromatic rings. The van der Waals surface area contributed by atoms with Crippen molar-refractivity contribution in [2.24, 2.45) is 5.16 Å². The van der Waals surface area contributed by atoms with Crippen LogP contribution in [0.1, 0.15) is 28.4 Å². The van der Waals surface area contributed by atoms with E-state index >= 15 is 0 Å². The molecule has 0 saturated carbocycles. The summed E-state index contributed by atoms with van der Waals surface area (Å²) in [6.07, 6.45) is 0.472. The number of carbonyl (C=O) groups excluding carboxylic acids is 2. The number of hydrogen-bond donors (Lipinski definition) is 1. The number of hydrogen-bond acceptors (Lipinski definition) is 7. The van der Waals surface area contributed by atoms with Crippen LogP contribution < -0.4 is 5.32 Å². The van der Waals surface area contributed by atoms with Gasteiger partial charge in [-0.1, -0.05) is 23.4 Å². The maximum Gasteiger partial charge on any atom is 0.337 e. The number of sulfonamides is 1. The minimum absolute atomic E-state index is 0.0698. The number of amides is 1. The Hall–Kier alpha value is -3.24. The van der Waals surface area contributed by atoms with E-state index < -0.39 is 28.0 Å². The molecular formula is C21H25N3O6S. The first-order chi connectivity index (χ1) is 14.6. The molecule has 0 heterocycles. The fraction of sp³-hybridized carbons (Fsp3) is 0.286. The van der Waals surface area contributed by atoms with Crippen LogP contribution in [0.3, 0.4) is 0 Å². The van der Waals surface area contributed by atoms with Crippen molar-refractivity contribution in [3.8, 4) is 0 Å². The summed E-state index contributed by atoms with van der Waals surface area (Å²) in [6, 6.07) is 11.0. The fourth-order valence-electron chi connectivity index (χ4n) is 2.39. The van der Waals surface area contributed by atoms with Gasteiger partial charge in [0.15, 0.2) is 0 Å². The van der Waals surface area contributed by atoms with E-state index in [0.717, 1.165) is 4.31 Å². The summed E-state index contributed by atoms with van der Waals surface area (Å²) in [5.74, 6) is -0.927. The third-order valence-electron chi connectivity index (χ3n) is 4.37. The Labute approximate surface area is 181 Å². The zero-order valence-corrected chi connectivity index (χ0v) is 18.8. The zero-order chi connectivity index (χ0) is 23.2. The van der Waals surface area contributed by atoms with Crippen LogP contribution in [0, 0.1) is 6.92 Å². The predicted octanol–water partition coefficient (Wildman–Crippen LogP) is 2.41. The van der Waals surface area contributed by atoms with Crippen LogP contribution in [-0.2, 0) is 24.4 Å². The maximum absolute atomic E-state index is 12.4. The van der Waals surface area contributed by atoms with Crippen LogP contribution in [0.25, 0.3) is 0 Å². The Kier molecular flexibility index (Phi) is 7.89. The fourth-order valence-corrected chi connectivity index (χ4v) is 3.32. The highest BCUT2D eigenvalue weighted by Gasteiger charge is 2.20. The van der Waals surface area contributed by atoms with Gasteiger partial charge in [-0.05, 0) is 49.2 Å². The van der Waals surface area contributed by atoms with E-state index in [1.54, 1.807) is 37.3 Å². The van der Waals surface area contributed by atoms with Gasteiger partial charge in [-0.25, -0.2) is 17.5 Å². The van der Waals surface area contributed by atoms with Gasteiger partial charge >= 0.3 is 5.97 Å². The summed E-state index contributed by atoms with van der Waals surface area (Å²) in [5, 5.41) is 6.46. The summed E-state index contributed by atoms with van der Waals surface area (Å²) >= 11 is 0. The molecule has 1 N–H and O–H groups in total. The average Bonchev–Trinajstić information content (AvgIpc) is 2.74. The first kappa shape index (κ1) is 24.0. The monoisotopic (exact) mass is 447 g/mol. The Balaban J connectivity index is 2.03. The van der Waals surface area contributed by atoms with Gasteiger partial charge in [-0.2, -0.15) is 0 Å². The second-order valence-electron chi connectivity index (χ2n) is 6.85. The molecule has 0 aliphatic heterocycles. The lowest BCUT2D eigenvalue weighted by Crippen LogP contribution is -2.27. The minimum Gasteiger partial charge on any atom is -0.465 e. The molecule has 2 rings (SSSR count). The summed E-state index contributed by atoms with van der Waals surface area (Å²) in [4.78, 5) is 29.1. The van der Waals surface area contributed by atoms with Gasteiger partial charge in [-0.15, -0.1) is 0 Å². The van der Waals surface area contributed by atoms with Crippen LogP contribution >= 0.6 is 0 Å². The minimum atomic E-state index is -3.63. The molecule has 0 bridgehead atoms. The molecule has 9 nitrogen and oxygen atoms in total. The largest absolute Gasteiger partial charge is 0.465 e. The van der Waals surface area contributed by atoms with Gasteiger partial charge < -0.3 is 14.9 Å². The van der Waals surface area contributed by atoms with Crippen LogP contribution in [0.2, 0.25) is 0 Å². The van der Waals surface area contributed by atoms with Crippen molar-refractivity contribution in [2.75, 3.05) is 26.5 Å². The van der Waals surface area contributed by atoms with Crippen molar-refractivity contribution in [1.82, 2.24) is 4.31 Å². The molecule has 0 aromatic heterocycles. The van der Waals surface area contributed by atoms with E-state index in [2.05, 4.69) is 15.2 Å². The smallest absolute Gasteiger partial charge is 0.337 e. The van der Waals surface area contributed by atoms with E-state index in [-0.39, 0.29) is 4.90 Å². The second-order valence-corrected chi connectivity index (χ2v) is 9.00. The van der Waals surface area contributed by atoms with Crippen LogP contribution in [-0.4, -0.2) is 58.1 Å². The van der Waals surface area contributed by atoms with E-state index in [0.29, 0.717) is 22.4 Å². The lowest BCUT2D eigenvalue weighted by Gasteiger charge is -2.15. The number of nitrogens with zero attached hydrogens (tertiary/aromatic N) is 2. The van der Waals surface area contributed by atoms with E-state index in [9.17, 15) is 18.0 Å². The van der Waals surface area contributed by atoms with Crippen molar-refractivity contribution in [3.05, 3.63) is 59.2 Å². The van der Waals surface area contributed by atoms with Crippen LogP contribution in [0.5, 0.6) is 0 Å². The molecule has 1 unspecified atom stereocenters. The van der Waals surface area contributed by atoms with Gasteiger partial charge in [0.1, 0.15) is 0 Å². The topological polar surface area (TPSA) is 114 Å². The van der Waals surface area contributed by atoms with Crippen molar-refractivity contribution in [3.63, 3.8) is 0 Å². The number of carbonyl (C=O) groups is 2. The van der Waals surface area contributed by atoms with Crippen molar-refractivity contribution in [1.29, 1.82) is 0 Å². The Bertz CT molecular complexity index is 1080. The molecule has 10 heteroatoms. The van der Waals surface area contributed by atoms with Gasteiger partial charge in [0.2, 0.25) is 16.1 Å². The number of nitrogens with one attached hydrogen (secondary N) is 1. The molecule has 0 saturated heterocycles. The molecule has 31 heavy (non-hydrogen) atoms. The molecule has 0 spiro atoms. The summed E-state index contributed by atoms with van der Waals surface area (Å²) in [7, 11) is 0.543. The van der Waals surface area contributed by atoms with E-state index in [1.807, 2.05) is 0 Å². The number of methoxy groups -OCH3 is 1. The molecule has 0 radical (unpaired) electrons. The zero-order valence-electron chi connectivity index (χ0n) is 17.9. The molecule has 0 aliphatic carbocycles. The lowest BCUT2D eigenvalue weighted by molar-refractivity contribution is -0.126. The quantitative estimate of drug-likeness (QED) is 0.378. The molecule has 166 valence electrons. The number of anilines is 1. The lowest BCUT2D eigenvalue weighted by atomic mass is 10.1. The van der Waals surface area contributed by atoms with Gasteiger partial charge in [0.25, 0.3) is 5.91 Å². The molecular weight excluding hydrogens is 422 g/mol. The highest BCUT2D eigenvalue weighted by Crippen LogP contribution is 2.22. The SMILES string of the molecule is COC(=O)c1ccc(/C=N/OC(C)C(=O)Nc2cc(S(=O)(=O)N(C)C)ccc2C)cc1. The first-order valence-corrected chi connectivity index (χ1v) is 10.7. The Morgan fingerprint density at radius 1 is 1.13 bits per heavy atom. The Morgan fingerprint density at radius 3 is 2.35 bits per heavy atom. The summed E-state index contributed by atoms with van der Waals surface area (Å²) < 4.78 is 30.4. The highest BCUT2D eigenvalue weighted by atomic mass is 32.2. The number of aryl methyl sites for hydroxylation is 1. The maximum atomic E-state index is 12.4. The highest BCUT2D eigenvalue weighted by molar-refractivity contribution is 7.89. The average molecular weight is 448 g/mol. The van der Waals surface area contributed by atoms with Crippen LogP contribution in [0.4, 0.5) is 5.69 Å². The number of ether oxygens (including phenoxy) is 1. The number of esters is 1. The first-order valence-electron chi connectivity index (χ1n) is 9.28. The second kappa shape index (κ2) is 10.2. The standard InChI is InChI=1S/C21H25N3O6S/c1-14-6-11-18(31(27,28)24(3)4)12-19(14)23-20(25)15(2)30-22-13-16-7-9-17(10-8-16)21(26)29-5/h6-13,15H,1-5H3,(H,23,25)/b22-13+. The van der Waals surface area contributed by atoms with Crippen LogP contribution in [0.15, 0.2) is 52.5 Å². The summed E-state index contributed by atoms with van der Waals surface area (Å²) in [6.45, 7) is 3.27.